The number of carbonyl (C=O) groups is 1. The van der Waals surface area contributed by atoms with Gasteiger partial charge in [-0.3, -0.25) is 0 Å². The van der Waals surface area contributed by atoms with E-state index in [1.807, 2.05) is 26.8 Å². The molecule has 0 aliphatic heterocycles. The van der Waals surface area contributed by atoms with Crippen LogP contribution in [-0.2, 0) is 4.74 Å². The lowest BCUT2D eigenvalue weighted by atomic mass is 9.74. The fourth-order valence-corrected chi connectivity index (χ4v) is 1.78. The molecule has 0 aromatic carbocycles. The highest BCUT2D eigenvalue weighted by Gasteiger charge is 2.38. The molecule has 0 radical (unpaired) electrons. The van der Waals surface area contributed by atoms with Crippen LogP contribution in [0.25, 0.3) is 0 Å². The largest absolute Gasteiger partial charge is 0.444 e. The Kier molecular flexibility index (Phi) is 3.42. The van der Waals surface area contributed by atoms with Gasteiger partial charge in [0.25, 0.3) is 0 Å². The molecule has 0 atom stereocenters. The van der Waals surface area contributed by atoms with Crippen molar-refractivity contribution in [2.75, 3.05) is 0 Å². The predicted molar refractivity (Wildman–Crippen MR) is 60.8 cm³/mol. The van der Waals surface area contributed by atoms with Crippen molar-refractivity contribution in [3.8, 4) is 0 Å². The molecule has 0 aromatic heterocycles. The summed E-state index contributed by atoms with van der Waals surface area (Å²) in [4.78, 5) is 11.6. The maximum absolute atomic E-state index is 11.6. The second kappa shape index (κ2) is 4.25. The van der Waals surface area contributed by atoms with Gasteiger partial charge in [0.2, 0.25) is 0 Å². The maximum Gasteiger partial charge on any atom is 0.408 e. The first-order valence-corrected chi connectivity index (χ1v) is 5.49. The zero-order chi connectivity index (χ0) is 11.5. The molecule has 3 nitrogen and oxygen atoms in total. The summed E-state index contributed by atoms with van der Waals surface area (Å²) < 4.78 is 5.23. The van der Waals surface area contributed by atoms with Crippen LogP contribution in [0.4, 0.5) is 4.79 Å². The van der Waals surface area contributed by atoms with Gasteiger partial charge in [0.05, 0.1) is 0 Å². The average Bonchev–Trinajstić information content (AvgIpc) is 1.96. The van der Waals surface area contributed by atoms with Gasteiger partial charge in [0.15, 0.2) is 0 Å². The second-order valence-electron chi connectivity index (χ2n) is 5.25. The van der Waals surface area contributed by atoms with Crippen LogP contribution < -0.4 is 5.32 Å². The highest BCUT2D eigenvalue weighted by Crippen LogP contribution is 2.35. The van der Waals surface area contributed by atoms with Gasteiger partial charge in [-0.1, -0.05) is 6.08 Å². The minimum atomic E-state index is -0.427. The summed E-state index contributed by atoms with van der Waals surface area (Å²) in [6, 6.07) is 0. The number of nitrogens with one attached hydrogen (secondary N) is 1. The van der Waals surface area contributed by atoms with Crippen LogP contribution in [0.5, 0.6) is 0 Å². The topological polar surface area (TPSA) is 38.3 Å². The number of hydrogen-bond donors (Lipinski definition) is 1. The lowest BCUT2D eigenvalue weighted by molar-refractivity contribution is 0.0386. The van der Waals surface area contributed by atoms with Gasteiger partial charge in [0.1, 0.15) is 5.60 Å². The molecule has 86 valence electrons. The Balaban J connectivity index is 2.45. The van der Waals surface area contributed by atoms with E-state index in [1.165, 1.54) is 6.42 Å². The van der Waals surface area contributed by atoms with E-state index in [0.717, 1.165) is 19.3 Å². The van der Waals surface area contributed by atoms with Crippen LogP contribution in [-0.4, -0.2) is 17.2 Å². The Labute approximate surface area is 91.9 Å². The third kappa shape index (κ3) is 3.57. The molecule has 1 rings (SSSR count). The van der Waals surface area contributed by atoms with Crippen molar-refractivity contribution in [2.45, 2.75) is 57.6 Å². The summed E-state index contributed by atoms with van der Waals surface area (Å²) in [5.41, 5.74) is -0.507. The molecule has 1 amide bonds. The molecule has 0 saturated heterocycles. The van der Waals surface area contributed by atoms with Crippen molar-refractivity contribution < 1.29 is 9.53 Å². The van der Waals surface area contributed by atoms with E-state index in [9.17, 15) is 4.79 Å². The highest BCUT2D eigenvalue weighted by atomic mass is 16.6. The van der Waals surface area contributed by atoms with Gasteiger partial charge >= 0.3 is 6.09 Å². The van der Waals surface area contributed by atoms with Gasteiger partial charge in [-0.2, -0.15) is 0 Å². The van der Waals surface area contributed by atoms with Crippen molar-refractivity contribution in [3.05, 3.63) is 12.7 Å². The van der Waals surface area contributed by atoms with E-state index in [-0.39, 0.29) is 11.6 Å². The summed E-state index contributed by atoms with van der Waals surface area (Å²) in [6.45, 7) is 9.32. The van der Waals surface area contributed by atoms with E-state index in [2.05, 4.69) is 11.9 Å². The third-order valence-electron chi connectivity index (χ3n) is 2.61. The zero-order valence-corrected chi connectivity index (χ0v) is 9.93. The molecule has 0 unspecified atom stereocenters. The lowest BCUT2D eigenvalue weighted by Gasteiger charge is -2.42. The molecule has 1 fully saturated rings. The number of hydrogen-bond acceptors (Lipinski definition) is 2. The molecule has 0 bridgehead atoms. The predicted octanol–water partition coefficient (Wildman–Crippen LogP) is 3.01. The van der Waals surface area contributed by atoms with Gasteiger partial charge in [-0.05, 0) is 46.5 Å². The van der Waals surface area contributed by atoms with Crippen LogP contribution >= 0.6 is 0 Å². The Morgan fingerprint density at radius 3 is 2.47 bits per heavy atom. The molecular formula is C12H21NO2. The van der Waals surface area contributed by atoms with Crippen molar-refractivity contribution in [2.24, 2.45) is 0 Å². The monoisotopic (exact) mass is 211 g/mol. The number of alkyl carbamates (subject to hydrolysis) is 1. The third-order valence-corrected chi connectivity index (χ3v) is 2.61. The van der Waals surface area contributed by atoms with E-state index in [4.69, 9.17) is 4.74 Å². The summed E-state index contributed by atoms with van der Waals surface area (Å²) in [5.74, 6) is 0. The SMILES string of the molecule is C=CCC1(NC(=O)OC(C)(C)C)CCC1. The average molecular weight is 211 g/mol. The Bertz CT molecular complexity index is 249. The maximum atomic E-state index is 11.6. The summed E-state index contributed by atoms with van der Waals surface area (Å²) in [6.07, 6.45) is 5.59. The van der Waals surface area contributed by atoms with Crippen LogP contribution in [0.1, 0.15) is 46.5 Å². The number of carbonyl (C=O) groups excluding carboxylic acids is 1. The molecule has 1 aliphatic rings. The normalized spacial score (nSPS) is 18.9. The molecule has 1 aliphatic carbocycles. The molecule has 0 heterocycles. The molecule has 3 heteroatoms. The minimum absolute atomic E-state index is 0.0793. The van der Waals surface area contributed by atoms with Gasteiger partial charge in [-0.25, -0.2) is 4.79 Å². The number of ether oxygens (including phenoxy) is 1. The van der Waals surface area contributed by atoms with Crippen molar-refractivity contribution in [3.63, 3.8) is 0 Å². The minimum Gasteiger partial charge on any atom is -0.444 e. The molecule has 0 aromatic rings. The summed E-state index contributed by atoms with van der Waals surface area (Å²) in [5, 5.41) is 2.95. The molecule has 0 spiro atoms. The lowest BCUT2D eigenvalue weighted by Crippen LogP contribution is -2.54. The molecule has 15 heavy (non-hydrogen) atoms. The highest BCUT2D eigenvalue weighted by molar-refractivity contribution is 5.69. The van der Waals surface area contributed by atoms with Gasteiger partial charge in [-0.15, -0.1) is 6.58 Å². The van der Waals surface area contributed by atoms with E-state index < -0.39 is 5.60 Å². The van der Waals surface area contributed by atoms with E-state index >= 15 is 0 Å². The standard InChI is InChI=1S/C12H21NO2/c1-5-7-12(8-6-9-12)13-10(14)15-11(2,3)4/h5H,1,6-9H2,2-4H3,(H,13,14). The Hall–Kier alpha value is -0.990. The first kappa shape index (κ1) is 12.1. The smallest absolute Gasteiger partial charge is 0.408 e. The van der Waals surface area contributed by atoms with Crippen LogP contribution in [0.3, 0.4) is 0 Å². The summed E-state index contributed by atoms with van der Waals surface area (Å²) >= 11 is 0. The second-order valence-corrected chi connectivity index (χ2v) is 5.25. The van der Waals surface area contributed by atoms with E-state index in [0.29, 0.717) is 0 Å². The number of rotatable bonds is 3. The zero-order valence-electron chi connectivity index (χ0n) is 9.93. The van der Waals surface area contributed by atoms with Crippen LogP contribution in [0.15, 0.2) is 12.7 Å². The van der Waals surface area contributed by atoms with Crippen LogP contribution in [0.2, 0.25) is 0 Å². The quantitative estimate of drug-likeness (QED) is 0.729. The number of amides is 1. The van der Waals surface area contributed by atoms with Crippen molar-refractivity contribution >= 4 is 6.09 Å². The van der Waals surface area contributed by atoms with Crippen molar-refractivity contribution in [1.82, 2.24) is 5.32 Å². The Morgan fingerprint density at radius 2 is 2.13 bits per heavy atom. The van der Waals surface area contributed by atoms with Gasteiger partial charge < -0.3 is 10.1 Å². The van der Waals surface area contributed by atoms with Crippen molar-refractivity contribution in [1.29, 1.82) is 0 Å². The fourth-order valence-electron chi connectivity index (χ4n) is 1.78. The van der Waals surface area contributed by atoms with E-state index in [1.54, 1.807) is 0 Å². The van der Waals surface area contributed by atoms with Crippen LogP contribution in [0, 0.1) is 0 Å². The first-order chi connectivity index (χ1) is 6.87. The Morgan fingerprint density at radius 1 is 1.53 bits per heavy atom. The molecule has 1 N–H and O–H groups in total. The molecule has 1 saturated carbocycles. The summed E-state index contributed by atoms with van der Waals surface area (Å²) in [7, 11) is 0. The van der Waals surface area contributed by atoms with Gasteiger partial charge in [0, 0.05) is 5.54 Å². The first-order valence-electron chi connectivity index (χ1n) is 5.49. The fraction of sp³-hybridized carbons (Fsp3) is 0.750. The molecular weight excluding hydrogens is 190 g/mol.